The van der Waals surface area contributed by atoms with Crippen molar-refractivity contribution in [3.05, 3.63) is 59.9 Å². The topological polar surface area (TPSA) is 73.6 Å². The van der Waals surface area contributed by atoms with Crippen LogP contribution in [0.25, 0.3) is 5.76 Å². The molecule has 7 nitrogen and oxygen atoms in total. The Morgan fingerprint density at radius 2 is 2.04 bits per heavy atom. The highest BCUT2D eigenvalue weighted by Crippen LogP contribution is 2.33. The van der Waals surface area contributed by atoms with Crippen molar-refractivity contribution in [1.82, 2.24) is 9.88 Å². The molecule has 1 N–H and O–H groups in total. The molecule has 5 rings (SSSR count). The molecule has 1 aromatic carbocycles. The summed E-state index contributed by atoms with van der Waals surface area (Å²) in [5.41, 5.74) is 3.71. The van der Waals surface area contributed by atoms with E-state index in [1.807, 2.05) is 6.07 Å². The van der Waals surface area contributed by atoms with E-state index in [0.29, 0.717) is 11.4 Å². The van der Waals surface area contributed by atoms with Crippen LogP contribution in [0.1, 0.15) is 11.1 Å². The van der Waals surface area contributed by atoms with Crippen LogP contribution in [0.15, 0.2) is 58.8 Å². The number of aliphatic imine (C=N–C) groups is 2. The van der Waals surface area contributed by atoms with Gasteiger partial charge in [0.2, 0.25) is 0 Å². The number of morpholine rings is 1. The number of hydrogen-bond acceptors (Lipinski definition) is 7. The summed E-state index contributed by atoms with van der Waals surface area (Å²) >= 11 is 0. The number of pyridine rings is 1. The number of ether oxygens (including phenoxy) is 1. The van der Waals surface area contributed by atoms with E-state index >= 15 is 0 Å². The number of aliphatic hydroxyl groups excluding tert-OH is 1. The van der Waals surface area contributed by atoms with Crippen LogP contribution in [0, 0.1) is 0 Å². The largest absolute Gasteiger partial charge is 0.507 e. The molecule has 0 aliphatic carbocycles. The first kappa shape index (κ1) is 16.9. The lowest BCUT2D eigenvalue weighted by Crippen LogP contribution is -2.37. The summed E-state index contributed by atoms with van der Waals surface area (Å²) in [5.74, 6) is 1.76. The molecule has 28 heavy (non-hydrogen) atoms. The van der Waals surface area contributed by atoms with Crippen molar-refractivity contribution >= 4 is 28.8 Å². The maximum atomic E-state index is 10.6. The van der Waals surface area contributed by atoms with Crippen LogP contribution in [0.4, 0.5) is 11.4 Å². The van der Waals surface area contributed by atoms with Gasteiger partial charge in [-0.3, -0.25) is 9.98 Å². The number of aromatic nitrogens is 1. The maximum Gasteiger partial charge on any atom is 0.138 e. The van der Waals surface area contributed by atoms with Gasteiger partial charge in [0.25, 0.3) is 0 Å². The predicted octanol–water partition coefficient (Wildman–Crippen LogP) is 2.62. The second-order valence-corrected chi connectivity index (χ2v) is 6.90. The number of fused-ring (bicyclic) bond motifs is 3. The van der Waals surface area contributed by atoms with Crippen LogP contribution in [-0.2, 0) is 4.74 Å². The van der Waals surface area contributed by atoms with Gasteiger partial charge in [-0.2, -0.15) is 0 Å². The molecule has 0 amide bonds. The van der Waals surface area contributed by atoms with Gasteiger partial charge in [-0.1, -0.05) is 0 Å². The molecule has 0 saturated carbocycles. The maximum absolute atomic E-state index is 10.6. The number of benzene rings is 1. The van der Waals surface area contributed by atoms with E-state index in [1.54, 1.807) is 24.5 Å². The quantitative estimate of drug-likeness (QED) is 0.835. The molecule has 0 atom stereocenters. The van der Waals surface area contributed by atoms with Crippen molar-refractivity contribution in [1.29, 1.82) is 0 Å². The fourth-order valence-corrected chi connectivity index (χ4v) is 3.73. The second-order valence-electron chi connectivity index (χ2n) is 6.90. The molecule has 1 saturated heterocycles. The monoisotopic (exact) mass is 375 g/mol. The summed E-state index contributed by atoms with van der Waals surface area (Å²) in [7, 11) is 0. The molecule has 142 valence electrons. The molecule has 0 unspecified atom stereocenters. The molecular formula is C21H21N5O2. The third-order valence-corrected chi connectivity index (χ3v) is 5.17. The standard InChI is InChI=1S/C21H21N5O2/c27-19(15-2-1-5-22-14-15)13-20-24-18-12-16(25-8-10-28-11-9-25)3-4-17(18)21-23-6-7-26(20)21/h1-5,12-14,27H,6-11H2/b19-13-. The van der Waals surface area contributed by atoms with Crippen LogP contribution >= 0.6 is 0 Å². The van der Waals surface area contributed by atoms with Crippen LogP contribution in [0.2, 0.25) is 0 Å². The van der Waals surface area contributed by atoms with Crippen molar-refractivity contribution in [2.75, 3.05) is 44.3 Å². The third kappa shape index (κ3) is 3.03. The van der Waals surface area contributed by atoms with Crippen molar-refractivity contribution in [3.8, 4) is 0 Å². The molecule has 3 aliphatic heterocycles. The van der Waals surface area contributed by atoms with Crippen LogP contribution in [0.5, 0.6) is 0 Å². The Morgan fingerprint density at radius 3 is 2.86 bits per heavy atom. The normalized spacial score (nSPS) is 19.1. The molecule has 3 aliphatic rings. The SMILES string of the molecule is O/C(=C\C1=Nc2cc(N3CCOCC3)ccc2C2=NCCN12)c1cccnc1. The number of aliphatic hydroxyl groups is 1. The van der Waals surface area contributed by atoms with Crippen molar-refractivity contribution < 1.29 is 9.84 Å². The lowest BCUT2D eigenvalue weighted by Gasteiger charge is -2.31. The van der Waals surface area contributed by atoms with E-state index in [4.69, 9.17) is 9.73 Å². The Labute approximate surface area is 163 Å². The minimum atomic E-state index is 0.144. The van der Waals surface area contributed by atoms with E-state index in [9.17, 15) is 5.11 Å². The van der Waals surface area contributed by atoms with Crippen LogP contribution in [0.3, 0.4) is 0 Å². The third-order valence-electron chi connectivity index (χ3n) is 5.17. The fraction of sp³-hybridized carbons (Fsp3) is 0.286. The molecule has 2 aromatic rings. The molecule has 7 heteroatoms. The van der Waals surface area contributed by atoms with Gasteiger partial charge in [-0.25, -0.2) is 4.99 Å². The van der Waals surface area contributed by atoms with Gasteiger partial charge in [0.1, 0.15) is 17.4 Å². The van der Waals surface area contributed by atoms with Gasteiger partial charge in [-0.05, 0) is 30.3 Å². The van der Waals surface area contributed by atoms with Crippen molar-refractivity contribution in [2.24, 2.45) is 9.98 Å². The molecule has 0 bridgehead atoms. The molecule has 0 spiro atoms. The van der Waals surface area contributed by atoms with Gasteiger partial charge < -0.3 is 19.6 Å². The minimum absolute atomic E-state index is 0.144. The summed E-state index contributed by atoms with van der Waals surface area (Å²) in [6.07, 6.45) is 5.02. The Bertz CT molecular complexity index is 978. The average molecular weight is 375 g/mol. The van der Waals surface area contributed by atoms with Crippen molar-refractivity contribution in [3.63, 3.8) is 0 Å². The summed E-state index contributed by atoms with van der Waals surface area (Å²) in [5, 5.41) is 10.6. The lowest BCUT2D eigenvalue weighted by atomic mass is 10.1. The highest BCUT2D eigenvalue weighted by Gasteiger charge is 2.29. The van der Waals surface area contributed by atoms with E-state index in [-0.39, 0.29) is 5.76 Å². The first-order valence-corrected chi connectivity index (χ1v) is 9.48. The predicted molar refractivity (Wildman–Crippen MR) is 110 cm³/mol. The molecular weight excluding hydrogens is 354 g/mol. The van der Waals surface area contributed by atoms with Gasteiger partial charge in [0.05, 0.1) is 25.4 Å². The van der Waals surface area contributed by atoms with Gasteiger partial charge >= 0.3 is 0 Å². The highest BCUT2D eigenvalue weighted by molar-refractivity contribution is 6.20. The number of nitrogens with zero attached hydrogens (tertiary/aromatic N) is 5. The van der Waals surface area contributed by atoms with Gasteiger partial charge in [0.15, 0.2) is 0 Å². The molecule has 4 heterocycles. The summed E-state index contributed by atoms with van der Waals surface area (Å²) in [6, 6.07) is 9.96. The summed E-state index contributed by atoms with van der Waals surface area (Å²) < 4.78 is 5.46. The van der Waals surface area contributed by atoms with E-state index in [0.717, 1.165) is 62.2 Å². The smallest absolute Gasteiger partial charge is 0.138 e. The first-order valence-electron chi connectivity index (χ1n) is 9.48. The van der Waals surface area contributed by atoms with E-state index in [1.165, 1.54) is 0 Å². The summed E-state index contributed by atoms with van der Waals surface area (Å²) in [6.45, 7) is 4.73. The molecule has 0 radical (unpaired) electrons. The Hall–Kier alpha value is -3.19. The number of amidine groups is 2. The summed E-state index contributed by atoms with van der Waals surface area (Å²) in [4.78, 5) is 18.0. The number of rotatable bonds is 3. The first-order chi connectivity index (χ1) is 13.8. The van der Waals surface area contributed by atoms with E-state index in [2.05, 4.69) is 38.0 Å². The fourth-order valence-electron chi connectivity index (χ4n) is 3.73. The second kappa shape index (κ2) is 7.09. The number of anilines is 1. The van der Waals surface area contributed by atoms with Crippen LogP contribution in [-0.4, -0.2) is 66.1 Å². The lowest BCUT2D eigenvalue weighted by molar-refractivity contribution is 0.122. The Kier molecular flexibility index (Phi) is 4.29. The zero-order chi connectivity index (χ0) is 18.9. The molecule has 1 aromatic heterocycles. The zero-order valence-electron chi connectivity index (χ0n) is 15.5. The minimum Gasteiger partial charge on any atom is -0.507 e. The van der Waals surface area contributed by atoms with Crippen molar-refractivity contribution in [2.45, 2.75) is 0 Å². The van der Waals surface area contributed by atoms with E-state index < -0.39 is 0 Å². The molecule has 1 fully saturated rings. The Morgan fingerprint density at radius 1 is 1.14 bits per heavy atom. The number of hydrogen-bond donors (Lipinski definition) is 1. The highest BCUT2D eigenvalue weighted by atomic mass is 16.5. The van der Waals surface area contributed by atoms with Gasteiger partial charge in [0, 0.05) is 54.9 Å². The zero-order valence-corrected chi connectivity index (χ0v) is 15.5. The Balaban J connectivity index is 1.54. The van der Waals surface area contributed by atoms with Crippen LogP contribution < -0.4 is 4.90 Å². The average Bonchev–Trinajstić information content (AvgIpc) is 3.25. The van der Waals surface area contributed by atoms with Gasteiger partial charge in [-0.15, -0.1) is 0 Å².